The molecule has 0 heterocycles. The summed E-state index contributed by atoms with van der Waals surface area (Å²) in [6.45, 7) is 0. The van der Waals surface area contributed by atoms with Gasteiger partial charge in [0.25, 0.3) is 0 Å². The van der Waals surface area contributed by atoms with Crippen molar-refractivity contribution in [2.45, 2.75) is 31.2 Å². The van der Waals surface area contributed by atoms with Crippen molar-refractivity contribution < 1.29 is 9.13 Å². The van der Waals surface area contributed by atoms with E-state index in [0.29, 0.717) is 22.8 Å². The largest absolute Gasteiger partial charge is 0.497 e. The van der Waals surface area contributed by atoms with E-state index in [2.05, 4.69) is 0 Å². The fraction of sp³-hybridized carbons (Fsp3) is 0.500. The first-order chi connectivity index (χ1) is 7.54. The molecule has 0 amide bonds. The van der Waals surface area contributed by atoms with Crippen molar-refractivity contribution in [3.8, 4) is 5.75 Å². The van der Waals surface area contributed by atoms with E-state index in [9.17, 15) is 4.39 Å². The highest BCUT2D eigenvalue weighted by Gasteiger charge is 2.37. The number of hydrogen-bond donors (Lipinski definition) is 1. The molecule has 1 fully saturated rings. The number of halogens is 2. The summed E-state index contributed by atoms with van der Waals surface area (Å²) in [4.78, 5) is 0. The Morgan fingerprint density at radius 1 is 1.50 bits per heavy atom. The third kappa shape index (κ3) is 2.47. The number of nitrogens with two attached hydrogens (primary N) is 1. The van der Waals surface area contributed by atoms with Gasteiger partial charge in [-0.2, -0.15) is 0 Å². The van der Waals surface area contributed by atoms with Crippen LogP contribution in [0.2, 0.25) is 5.02 Å². The average molecular weight is 244 g/mol. The summed E-state index contributed by atoms with van der Waals surface area (Å²) in [6.07, 6.45) is 3.44. The van der Waals surface area contributed by atoms with Crippen LogP contribution >= 0.6 is 11.6 Å². The molecule has 1 aromatic rings. The maximum Gasteiger partial charge on any atom is 0.131 e. The minimum Gasteiger partial charge on any atom is -0.497 e. The Morgan fingerprint density at radius 2 is 2.19 bits per heavy atom. The van der Waals surface area contributed by atoms with E-state index in [1.54, 1.807) is 6.07 Å². The molecule has 0 spiro atoms. The molecule has 0 radical (unpaired) electrons. The van der Waals surface area contributed by atoms with Gasteiger partial charge in [-0.1, -0.05) is 11.6 Å². The zero-order valence-electron chi connectivity index (χ0n) is 9.22. The minimum atomic E-state index is -0.311. The first kappa shape index (κ1) is 11.7. The van der Waals surface area contributed by atoms with Gasteiger partial charge < -0.3 is 10.5 Å². The van der Waals surface area contributed by atoms with E-state index in [4.69, 9.17) is 22.1 Å². The van der Waals surface area contributed by atoms with E-state index in [0.717, 1.165) is 19.3 Å². The molecule has 4 heteroatoms. The van der Waals surface area contributed by atoms with Crippen molar-refractivity contribution in [1.29, 1.82) is 0 Å². The van der Waals surface area contributed by atoms with E-state index >= 15 is 0 Å². The molecule has 1 aliphatic rings. The zero-order valence-corrected chi connectivity index (χ0v) is 9.98. The van der Waals surface area contributed by atoms with Gasteiger partial charge in [0.05, 0.1) is 12.1 Å². The highest BCUT2D eigenvalue weighted by molar-refractivity contribution is 6.31. The predicted octanol–water partition coefficient (Wildman–Crippen LogP) is 2.91. The van der Waals surface area contributed by atoms with Crippen molar-refractivity contribution >= 4 is 11.6 Å². The average Bonchev–Trinajstić information content (AvgIpc) is 2.95. The lowest BCUT2D eigenvalue weighted by atomic mass is 10.0. The van der Waals surface area contributed by atoms with Crippen LogP contribution in [0.25, 0.3) is 0 Å². The highest BCUT2D eigenvalue weighted by atomic mass is 35.5. The third-order valence-electron chi connectivity index (χ3n) is 3.12. The van der Waals surface area contributed by atoms with Crippen LogP contribution in [0.4, 0.5) is 4.39 Å². The van der Waals surface area contributed by atoms with Crippen LogP contribution in [0.1, 0.15) is 24.8 Å². The minimum absolute atomic E-state index is 0.0737. The molecule has 0 aromatic heterocycles. The van der Waals surface area contributed by atoms with Crippen molar-refractivity contribution in [1.82, 2.24) is 0 Å². The lowest BCUT2D eigenvalue weighted by molar-refractivity contribution is 0.410. The van der Waals surface area contributed by atoms with Crippen molar-refractivity contribution in [2.75, 3.05) is 7.11 Å². The zero-order chi connectivity index (χ0) is 11.8. The maximum atomic E-state index is 13.7. The SMILES string of the molecule is COc1cc(F)c(CCC2(N)CC2)c(Cl)c1. The fourth-order valence-electron chi connectivity index (χ4n) is 1.72. The number of ether oxygens (including phenoxy) is 1. The normalized spacial score (nSPS) is 17.2. The Kier molecular flexibility index (Phi) is 3.08. The van der Waals surface area contributed by atoms with Crippen molar-refractivity contribution in [3.05, 3.63) is 28.5 Å². The summed E-state index contributed by atoms with van der Waals surface area (Å²) in [5.74, 6) is 0.133. The molecule has 88 valence electrons. The van der Waals surface area contributed by atoms with Gasteiger partial charge in [-0.15, -0.1) is 0 Å². The molecule has 2 rings (SSSR count). The van der Waals surface area contributed by atoms with Gasteiger partial charge in [0, 0.05) is 17.2 Å². The van der Waals surface area contributed by atoms with Gasteiger partial charge >= 0.3 is 0 Å². The van der Waals surface area contributed by atoms with Crippen molar-refractivity contribution in [2.24, 2.45) is 5.73 Å². The summed E-state index contributed by atoms with van der Waals surface area (Å²) < 4.78 is 18.6. The van der Waals surface area contributed by atoms with Gasteiger partial charge in [0.1, 0.15) is 11.6 Å². The Hall–Kier alpha value is -0.800. The Bertz CT molecular complexity index is 381. The van der Waals surface area contributed by atoms with Gasteiger partial charge in [-0.25, -0.2) is 4.39 Å². The van der Waals surface area contributed by atoms with Gasteiger partial charge in [-0.05, 0) is 31.7 Å². The second-order valence-corrected chi connectivity index (χ2v) is 4.84. The molecule has 0 aliphatic heterocycles. The highest BCUT2D eigenvalue weighted by Crippen LogP contribution is 2.38. The fourth-order valence-corrected chi connectivity index (χ4v) is 2.01. The van der Waals surface area contributed by atoms with E-state index in [-0.39, 0.29) is 11.4 Å². The van der Waals surface area contributed by atoms with E-state index in [1.807, 2.05) is 0 Å². The Balaban J connectivity index is 2.13. The Labute approximate surface area is 99.5 Å². The quantitative estimate of drug-likeness (QED) is 0.883. The van der Waals surface area contributed by atoms with E-state index < -0.39 is 0 Å². The van der Waals surface area contributed by atoms with Crippen LogP contribution in [-0.4, -0.2) is 12.6 Å². The molecular weight excluding hydrogens is 229 g/mol. The number of methoxy groups -OCH3 is 1. The summed E-state index contributed by atoms with van der Waals surface area (Å²) in [5, 5.41) is 0.418. The molecular formula is C12H15ClFNO. The lowest BCUT2D eigenvalue weighted by Crippen LogP contribution is -2.22. The standard InChI is InChI=1S/C12H15ClFNO/c1-16-8-6-10(13)9(11(14)7-8)2-3-12(15)4-5-12/h6-7H,2-5,15H2,1H3. The van der Waals surface area contributed by atoms with Crippen LogP contribution in [-0.2, 0) is 6.42 Å². The molecule has 1 aromatic carbocycles. The first-order valence-electron chi connectivity index (χ1n) is 5.35. The predicted molar refractivity (Wildman–Crippen MR) is 62.4 cm³/mol. The van der Waals surface area contributed by atoms with Gasteiger partial charge in [0.2, 0.25) is 0 Å². The van der Waals surface area contributed by atoms with Gasteiger partial charge in [0.15, 0.2) is 0 Å². The molecule has 2 N–H and O–H groups in total. The molecule has 0 bridgehead atoms. The van der Waals surface area contributed by atoms with Crippen molar-refractivity contribution in [3.63, 3.8) is 0 Å². The molecule has 0 atom stereocenters. The van der Waals surface area contributed by atoms with Crippen LogP contribution < -0.4 is 10.5 Å². The maximum absolute atomic E-state index is 13.7. The first-order valence-corrected chi connectivity index (χ1v) is 5.73. The van der Waals surface area contributed by atoms with Crippen LogP contribution in [0.5, 0.6) is 5.75 Å². The molecule has 2 nitrogen and oxygen atoms in total. The smallest absolute Gasteiger partial charge is 0.131 e. The van der Waals surface area contributed by atoms with Crippen LogP contribution in [0, 0.1) is 5.82 Å². The summed E-state index contributed by atoms with van der Waals surface area (Å²) in [6, 6.07) is 2.99. The summed E-state index contributed by atoms with van der Waals surface area (Å²) >= 11 is 6.00. The topological polar surface area (TPSA) is 35.2 Å². The Morgan fingerprint density at radius 3 is 2.69 bits per heavy atom. The monoisotopic (exact) mass is 243 g/mol. The molecule has 0 unspecified atom stereocenters. The molecule has 0 saturated heterocycles. The van der Waals surface area contributed by atoms with Crippen LogP contribution in [0.15, 0.2) is 12.1 Å². The number of benzene rings is 1. The number of rotatable bonds is 4. The molecule has 1 saturated carbocycles. The lowest BCUT2D eigenvalue weighted by Gasteiger charge is -2.11. The molecule has 16 heavy (non-hydrogen) atoms. The van der Waals surface area contributed by atoms with Crippen LogP contribution in [0.3, 0.4) is 0 Å². The van der Waals surface area contributed by atoms with E-state index in [1.165, 1.54) is 13.2 Å². The molecule has 1 aliphatic carbocycles. The summed E-state index contributed by atoms with van der Waals surface area (Å²) in [7, 11) is 1.49. The second-order valence-electron chi connectivity index (χ2n) is 4.43. The summed E-state index contributed by atoms with van der Waals surface area (Å²) in [5.41, 5.74) is 6.43. The van der Waals surface area contributed by atoms with Gasteiger partial charge in [-0.3, -0.25) is 0 Å². The third-order valence-corrected chi connectivity index (χ3v) is 3.45. The second kappa shape index (κ2) is 4.22. The number of hydrogen-bond acceptors (Lipinski definition) is 2.